The van der Waals surface area contributed by atoms with E-state index in [4.69, 9.17) is 9.11 Å². The molecule has 0 saturated carbocycles. The first kappa shape index (κ1) is 11.8. The van der Waals surface area contributed by atoms with Crippen molar-refractivity contribution >= 4 is 20.6 Å². The highest BCUT2D eigenvalue weighted by Crippen LogP contribution is 2.08. The van der Waals surface area contributed by atoms with Crippen molar-refractivity contribution in [1.29, 1.82) is 0 Å². The summed E-state index contributed by atoms with van der Waals surface area (Å²) in [4.78, 5) is 0. The highest BCUT2D eigenvalue weighted by Gasteiger charge is 2.29. The van der Waals surface area contributed by atoms with Gasteiger partial charge in [0.2, 0.25) is 0 Å². The molecule has 2 N–H and O–H groups in total. The van der Waals surface area contributed by atoms with Gasteiger partial charge in [0.25, 0.3) is 0 Å². The second kappa shape index (κ2) is 3.72. The molecule has 1 saturated heterocycles. The highest BCUT2D eigenvalue weighted by atomic mass is 32.2. The first-order valence-electron chi connectivity index (χ1n) is 3.66. The van der Waals surface area contributed by atoms with E-state index in [0.717, 1.165) is 8.61 Å². The van der Waals surface area contributed by atoms with Gasteiger partial charge >= 0.3 is 20.6 Å². The Morgan fingerprint density at radius 1 is 0.714 bits per heavy atom. The van der Waals surface area contributed by atoms with Crippen LogP contribution in [0.25, 0.3) is 0 Å². The van der Waals surface area contributed by atoms with E-state index in [1.54, 1.807) is 0 Å². The maximum atomic E-state index is 10.6. The summed E-state index contributed by atoms with van der Waals surface area (Å²) in [6.07, 6.45) is 0. The number of hydrogen-bond acceptors (Lipinski definition) is 4. The molecule has 0 radical (unpaired) electrons. The third-order valence-electron chi connectivity index (χ3n) is 1.85. The van der Waals surface area contributed by atoms with Crippen molar-refractivity contribution in [2.45, 2.75) is 0 Å². The Kier molecular flexibility index (Phi) is 3.13. The Hall–Kier alpha value is -0.260. The summed E-state index contributed by atoms with van der Waals surface area (Å²) in [6.45, 7) is -0.672. The zero-order chi connectivity index (χ0) is 11.0. The molecule has 0 atom stereocenters. The molecule has 1 rings (SSSR count). The number of rotatable bonds is 2. The molecule has 0 bridgehead atoms. The number of piperazine rings is 1. The third kappa shape index (κ3) is 2.87. The smallest absolute Gasteiger partial charge is 0.273 e. The van der Waals surface area contributed by atoms with Gasteiger partial charge in [0.1, 0.15) is 0 Å². The Bertz CT molecular complexity index is 352. The first-order chi connectivity index (χ1) is 6.21. The molecule has 84 valence electrons. The minimum Gasteiger partial charge on any atom is -0.273 e. The van der Waals surface area contributed by atoms with Crippen LogP contribution in [0.4, 0.5) is 0 Å². The summed E-state index contributed by atoms with van der Waals surface area (Å²) in [5, 5.41) is 0. The lowest BCUT2D eigenvalue weighted by atomic mass is 10.4. The Balaban J connectivity index is 2.65. The van der Waals surface area contributed by atoms with Gasteiger partial charge < -0.3 is 0 Å². The van der Waals surface area contributed by atoms with Crippen LogP contribution in [0.15, 0.2) is 0 Å². The summed E-state index contributed by atoms with van der Waals surface area (Å²) in [6, 6.07) is 0. The minimum atomic E-state index is -4.26. The van der Waals surface area contributed by atoms with Crippen molar-refractivity contribution in [2.24, 2.45) is 0 Å². The SMILES string of the molecule is O=S(=O)(O)N1CCN(S(=O)(=O)O)CC1. The van der Waals surface area contributed by atoms with Gasteiger partial charge in [-0.25, -0.2) is 0 Å². The van der Waals surface area contributed by atoms with Gasteiger partial charge in [-0.1, -0.05) is 0 Å². The summed E-state index contributed by atoms with van der Waals surface area (Å²) in [5.74, 6) is 0. The molecule has 8 nitrogen and oxygen atoms in total. The fraction of sp³-hybridized carbons (Fsp3) is 1.00. The van der Waals surface area contributed by atoms with Gasteiger partial charge in [0, 0.05) is 26.2 Å². The van der Waals surface area contributed by atoms with Gasteiger partial charge in [-0.2, -0.15) is 25.4 Å². The summed E-state index contributed by atoms with van der Waals surface area (Å²) in [5.41, 5.74) is 0. The molecule has 1 aliphatic rings. The summed E-state index contributed by atoms with van der Waals surface area (Å²) >= 11 is 0. The fourth-order valence-electron chi connectivity index (χ4n) is 1.13. The van der Waals surface area contributed by atoms with Crippen LogP contribution in [0.5, 0.6) is 0 Å². The first-order valence-corrected chi connectivity index (χ1v) is 6.46. The molecule has 0 aliphatic carbocycles. The summed E-state index contributed by atoms with van der Waals surface area (Å²) < 4.78 is 61.0. The van der Waals surface area contributed by atoms with Crippen LogP contribution in [0.2, 0.25) is 0 Å². The molecule has 1 fully saturated rings. The lowest BCUT2D eigenvalue weighted by molar-refractivity contribution is 0.239. The van der Waals surface area contributed by atoms with Gasteiger partial charge in [-0.05, 0) is 0 Å². The van der Waals surface area contributed by atoms with E-state index in [1.165, 1.54) is 0 Å². The molecule has 0 spiro atoms. The van der Waals surface area contributed by atoms with Crippen LogP contribution in [0.1, 0.15) is 0 Å². The third-order valence-corrected chi connectivity index (χ3v) is 3.89. The highest BCUT2D eigenvalue weighted by molar-refractivity contribution is 7.83. The van der Waals surface area contributed by atoms with E-state index >= 15 is 0 Å². The average molecular weight is 246 g/mol. The topological polar surface area (TPSA) is 115 Å². The van der Waals surface area contributed by atoms with Gasteiger partial charge in [-0.3, -0.25) is 9.11 Å². The molecule has 0 aromatic heterocycles. The predicted molar refractivity (Wildman–Crippen MR) is 46.2 cm³/mol. The van der Waals surface area contributed by atoms with Crippen LogP contribution in [-0.4, -0.2) is 60.7 Å². The van der Waals surface area contributed by atoms with Crippen LogP contribution >= 0.6 is 0 Å². The van der Waals surface area contributed by atoms with E-state index in [1.807, 2.05) is 0 Å². The van der Waals surface area contributed by atoms with Crippen molar-refractivity contribution in [2.75, 3.05) is 26.2 Å². The van der Waals surface area contributed by atoms with E-state index in [9.17, 15) is 16.8 Å². The zero-order valence-electron chi connectivity index (χ0n) is 7.07. The van der Waals surface area contributed by atoms with Gasteiger partial charge in [0.15, 0.2) is 0 Å². The second-order valence-electron chi connectivity index (χ2n) is 2.75. The molecule has 1 aliphatic heterocycles. The lowest BCUT2D eigenvalue weighted by Crippen LogP contribution is -2.50. The van der Waals surface area contributed by atoms with Crippen LogP contribution in [0, 0.1) is 0 Å². The Morgan fingerprint density at radius 2 is 0.929 bits per heavy atom. The van der Waals surface area contributed by atoms with E-state index in [2.05, 4.69) is 0 Å². The number of nitrogens with zero attached hydrogens (tertiary/aromatic N) is 2. The Morgan fingerprint density at radius 3 is 1.07 bits per heavy atom. The van der Waals surface area contributed by atoms with Crippen molar-refractivity contribution in [3.8, 4) is 0 Å². The van der Waals surface area contributed by atoms with Crippen molar-refractivity contribution < 1.29 is 25.9 Å². The normalized spacial score (nSPS) is 22.4. The van der Waals surface area contributed by atoms with Crippen molar-refractivity contribution in [3.05, 3.63) is 0 Å². The molecular weight excluding hydrogens is 236 g/mol. The Labute approximate surface area is 81.9 Å². The van der Waals surface area contributed by atoms with Gasteiger partial charge in [0.05, 0.1) is 0 Å². The van der Waals surface area contributed by atoms with Crippen LogP contribution in [0.3, 0.4) is 0 Å². The summed E-state index contributed by atoms with van der Waals surface area (Å²) in [7, 11) is -8.53. The quantitative estimate of drug-likeness (QED) is 0.556. The van der Waals surface area contributed by atoms with Crippen molar-refractivity contribution in [1.82, 2.24) is 8.61 Å². The minimum absolute atomic E-state index is 0.168. The molecule has 0 aromatic rings. The maximum absolute atomic E-state index is 10.6. The monoisotopic (exact) mass is 246 g/mol. The van der Waals surface area contributed by atoms with E-state index in [-0.39, 0.29) is 26.2 Å². The van der Waals surface area contributed by atoms with Crippen LogP contribution < -0.4 is 0 Å². The molecule has 14 heavy (non-hydrogen) atoms. The average Bonchev–Trinajstić information content (AvgIpc) is 2.01. The number of hydrogen-bond donors (Lipinski definition) is 2. The van der Waals surface area contributed by atoms with Crippen LogP contribution in [-0.2, 0) is 20.6 Å². The predicted octanol–water partition coefficient (Wildman–Crippen LogP) is -1.79. The molecule has 0 amide bonds. The molecular formula is C4H10N2O6S2. The molecule has 1 heterocycles. The van der Waals surface area contributed by atoms with Crippen molar-refractivity contribution in [3.63, 3.8) is 0 Å². The zero-order valence-corrected chi connectivity index (χ0v) is 8.70. The largest absolute Gasteiger partial charge is 0.335 e. The maximum Gasteiger partial charge on any atom is 0.335 e. The van der Waals surface area contributed by atoms with E-state index in [0.29, 0.717) is 0 Å². The van der Waals surface area contributed by atoms with E-state index < -0.39 is 20.6 Å². The van der Waals surface area contributed by atoms with Gasteiger partial charge in [-0.15, -0.1) is 0 Å². The fourth-order valence-corrected chi connectivity index (χ4v) is 2.38. The lowest BCUT2D eigenvalue weighted by Gasteiger charge is -2.29. The molecule has 10 heteroatoms. The molecule has 0 aromatic carbocycles. The standard InChI is InChI=1S/C4H10N2O6S2/c7-13(8,9)5-1-2-6(4-3-5)14(10,11)12/h1-4H2,(H,7,8,9)(H,10,11,12). The second-order valence-corrected chi connectivity index (χ2v) is 5.58. The molecule has 0 unspecified atom stereocenters.